The molecule has 1 fully saturated rings. The summed E-state index contributed by atoms with van der Waals surface area (Å²) in [6, 6.07) is 4.88. The topological polar surface area (TPSA) is 150 Å². The van der Waals surface area contributed by atoms with Crippen molar-refractivity contribution in [2.75, 3.05) is 25.2 Å². The number of esters is 1. The largest absolute Gasteiger partial charge is 0.490 e. The molecular weight excluding hydrogens is 500 g/mol. The lowest BCUT2D eigenvalue weighted by Gasteiger charge is -2.47. The predicted molar refractivity (Wildman–Crippen MR) is 127 cm³/mol. The molecule has 0 spiro atoms. The SMILES string of the molecule is CON=C(C(=O)NC1C(=O)N2C=C(C(=O)OCc3ccc([N+](=O)[O-])cc3)CS[C@H]12)C1=CSCCO1. The molecule has 0 aromatic heterocycles. The third-order valence-corrected chi connectivity index (χ3v) is 7.23. The zero-order valence-electron chi connectivity index (χ0n) is 18.4. The number of carbonyl (C=O) groups is 3. The number of nitrogens with one attached hydrogen (secondary N) is 1. The minimum atomic E-state index is -0.791. The van der Waals surface area contributed by atoms with E-state index in [4.69, 9.17) is 14.3 Å². The number of carbonyl (C=O) groups excluding carboxylic acids is 3. The Bertz CT molecular complexity index is 1130. The molecule has 2 amide bonds. The second-order valence-corrected chi connectivity index (χ2v) is 9.46. The molecule has 0 radical (unpaired) electrons. The van der Waals surface area contributed by atoms with Gasteiger partial charge in [-0.25, -0.2) is 4.79 Å². The van der Waals surface area contributed by atoms with Gasteiger partial charge in [-0.2, -0.15) is 0 Å². The van der Waals surface area contributed by atoms with Gasteiger partial charge in [0.05, 0.1) is 17.1 Å². The highest BCUT2D eigenvalue weighted by Gasteiger charge is 2.50. The van der Waals surface area contributed by atoms with Crippen LogP contribution in [0.1, 0.15) is 5.56 Å². The summed E-state index contributed by atoms with van der Waals surface area (Å²) < 4.78 is 10.7. The summed E-state index contributed by atoms with van der Waals surface area (Å²) in [5, 5.41) is 18.4. The zero-order chi connectivity index (χ0) is 24.9. The summed E-state index contributed by atoms with van der Waals surface area (Å²) in [4.78, 5) is 54.2. The fourth-order valence-corrected chi connectivity index (χ4v) is 5.25. The molecule has 12 nitrogen and oxygen atoms in total. The van der Waals surface area contributed by atoms with Crippen molar-refractivity contribution in [3.05, 3.63) is 62.9 Å². The first kappa shape index (κ1) is 24.6. The molecular formula is C21H20N4O8S2. The maximum Gasteiger partial charge on any atom is 0.336 e. The van der Waals surface area contributed by atoms with Crippen molar-refractivity contribution >= 4 is 52.7 Å². The number of hydrogen-bond donors (Lipinski definition) is 1. The van der Waals surface area contributed by atoms with Gasteiger partial charge < -0.3 is 24.5 Å². The van der Waals surface area contributed by atoms with Crippen molar-refractivity contribution in [1.29, 1.82) is 0 Å². The van der Waals surface area contributed by atoms with Gasteiger partial charge in [-0.1, -0.05) is 5.16 Å². The normalized spacial score (nSPS) is 21.5. The molecule has 35 heavy (non-hydrogen) atoms. The minimum absolute atomic E-state index is 0.0575. The Kier molecular flexibility index (Phi) is 7.60. The molecule has 1 aromatic rings. The van der Waals surface area contributed by atoms with Crippen molar-refractivity contribution < 1.29 is 33.6 Å². The maximum atomic E-state index is 12.7. The van der Waals surface area contributed by atoms with Gasteiger partial charge in [0.25, 0.3) is 17.5 Å². The summed E-state index contributed by atoms with van der Waals surface area (Å²) >= 11 is 2.79. The van der Waals surface area contributed by atoms with Crippen LogP contribution in [0.15, 0.2) is 52.4 Å². The van der Waals surface area contributed by atoms with Gasteiger partial charge in [0, 0.05) is 35.2 Å². The van der Waals surface area contributed by atoms with Crippen LogP contribution in [-0.4, -0.2) is 70.0 Å². The standard InChI is InChI=1S/C21H20N4O8S2/c1-31-23-16(15-11-34-7-6-32-15)18(26)22-17-19(27)24-8-13(10-35-20(17)24)21(28)33-9-12-2-4-14(5-3-12)25(29)30/h2-5,8,11,17,20H,6-7,9-10H2,1H3,(H,22,26)/t17?,20-/m1/s1. The zero-order valence-corrected chi connectivity index (χ0v) is 20.0. The third kappa shape index (κ3) is 5.43. The fraction of sp³-hybridized carbons (Fsp3) is 0.333. The molecule has 3 aliphatic rings. The highest BCUT2D eigenvalue weighted by atomic mass is 32.2. The number of amides is 2. The summed E-state index contributed by atoms with van der Waals surface area (Å²) in [5.41, 5.74) is 0.777. The highest BCUT2D eigenvalue weighted by Crippen LogP contribution is 2.36. The monoisotopic (exact) mass is 520 g/mol. The van der Waals surface area contributed by atoms with Crippen LogP contribution in [0.5, 0.6) is 0 Å². The number of ether oxygens (including phenoxy) is 2. The number of fused-ring (bicyclic) bond motifs is 1. The summed E-state index contributed by atoms with van der Waals surface area (Å²) in [5.74, 6) is -0.256. The van der Waals surface area contributed by atoms with Crippen LogP contribution in [0.4, 0.5) is 5.69 Å². The van der Waals surface area contributed by atoms with Crippen molar-refractivity contribution in [3.63, 3.8) is 0 Å². The van der Waals surface area contributed by atoms with E-state index in [2.05, 4.69) is 10.5 Å². The first-order chi connectivity index (χ1) is 16.9. The van der Waals surface area contributed by atoms with E-state index in [0.29, 0.717) is 17.7 Å². The van der Waals surface area contributed by atoms with Crippen LogP contribution in [-0.2, 0) is 35.3 Å². The summed E-state index contributed by atoms with van der Waals surface area (Å²) in [6.07, 6.45) is 1.43. The molecule has 3 aliphatic heterocycles. The van der Waals surface area contributed by atoms with E-state index in [1.165, 1.54) is 66.0 Å². The van der Waals surface area contributed by atoms with Gasteiger partial charge in [-0.15, -0.1) is 23.5 Å². The fourth-order valence-electron chi connectivity index (χ4n) is 3.37. The molecule has 1 aromatic carbocycles. The molecule has 0 bridgehead atoms. The number of β-lactam (4-membered cyclic amide) rings is 1. The highest BCUT2D eigenvalue weighted by molar-refractivity contribution is 8.02. The maximum absolute atomic E-state index is 12.7. The second-order valence-electron chi connectivity index (χ2n) is 7.38. The van der Waals surface area contributed by atoms with Crippen LogP contribution < -0.4 is 5.32 Å². The lowest BCUT2D eigenvalue weighted by atomic mass is 10.1. The van der Waals surface area contributed by atoms with Crippen LogP contribution >= 0.6 is 23.5 Å². The van der Waals surface area contributed by atoms with Crippen molar-refractivity contribution in [2.45, 2.75) is 18.0 Å². The van der Waals surface area contributed by atoms with Crippen molar-refractivity contribution in [2.24, 2.45) is 5.16 Å². The van der Waals surface area contributed by atoms with Gasteiger partial charge in [-0.05, 0) is 17.7 Å². The van der Waals surface area contributed by atoms with Gasteiger partial charge in [0.15, 0.2) is 5.76 Å². The summed E-state index contributed by atoms with van der Waals surface area (Å²) in [7, 11) is 1.31. The van der Waals surface area contributed by atoms with Crippen LogP contribution in [0.2, 0.25) is 0 Å². The minimum Gasteiger partial charge on any atom is -0.490 e. The first-order valence-corrected chi connectivity index (χ1v) is 12.4. The number of nitro groups is 1. The molecule has 4 rings (SSSR count). The Morgan fingerprint density at radius 1 is 1.34 bits per heavy atom. The molecule has 1 unspecified atom stereocenters. The van der Waals surface area contributed by atoms with E-state index in [-0.39, 0.29) is 40.8 Å². The number of hydrogen-bond acceptors (Lipinski definition) is 11. The molecule has 0 aliphatic carbocycles. The van der Waals surface area contributed by atoms with Gasteiger partial charge in [0.2, 0.25) is 5.71 Å². The number of benzene rings is 1. The molecule has 14 heteroatoms. The Morgan fingerprint density at radius 2 is 2.11 bits per heavy atom. The smallest absolute Gasteiger partial charge is 0.336 e. The Balaban J connectivity index is 1.33. The quantitative estimate of drug-likeness (QED) is 0.176. The second kappa shape index (κ2) is 10.8. The Labute approximate surface area is 207 Å². The van der Waals surface area contributed by atoms with Crippen LogP contribution in [0.3, 0.4) is 0 Å². The van der Waals surface area contributed by atoms with Crippen LogP contribution in [0.25, 0.3) is 0 Å². The number of nitrogens with zero attached hydrogens (tertiary/aromatic N) is 3. The Hall–Kier alpha value is -3.52. The molecule has 2 atom stereocenters. The van der Waals surface area contributed by atoms with E-state index in [1.807, 2.05) is 0 Å². The lowest BCUT2D eigenvalue weighted by Crippen LogP contribution is -2.69. The predicted octanol–water partition coefficient (Wildman–Crippen LogP) is 1.53. The van der Waals surface area contributed by atoms with Gasteiger partial charge in [-0.3, -0.25) is 19.7 Å². The van der Waals surface area contributed by atoms with Crippen LogP contribution in [0, 0.1) is 10.1 Å². The number of non-ortho nitro benzene ring substituents is 1. The van der Waals surface area contributed by atoms with E-state index >= 15 is 0 Å². The summed E-state index contributed by atoms with van der Waals surface area (Å²) in [6.45, 7) is 0.363. The van der Waals surface area contributed by atoms with Gasteiger partial charge >= 0.3 is 5.97 Å². The molecule has 1 N–H and O–H groups in total. The number of thioether (sulfide) groups is 2. The van der Waals surface area contributed by atoms with Gasteiger partial charge in [0.1, 0.15) is 25.1 Å². The average molecular weight is 521 g/mol. The number of nitro benzene ring substituents is 1. The first-order valence-electron chi connectivity index (χ1n) is 10.3. The third-order valence-electron chi connectivity index (χ3n) is 5.13. The molecule has 3 heterocycles. The van der Waals surface area contributed by atoms with E-state index < -0.39 is 22.8 Å². The lowest BCUT2D eigenvalue weighted by molar-refractivity contribution is -0.384. The van der Waals surface area contributed by atoms with Crippen molar-refractivity contribution in [3.8, 4) is 0 Å². The van der Waals surface area contributed by atoms with E-state index in [0.717, 1.165) is 5.75 Å². The van der Waals surface area contributed by atoms with E-state index in [1.54, 1.807) is 5.41 Å². The molecule has 0 saturated carbocycles. The number of oxime groups is 1. The molecule has 1 saturated heterocycles. The van der Waals surface area contributed by atoms with Crippen molar-refractivity contribution in [1.82, 2.24) is 10.2 Å². The molecule has 184 valence electrons. The van der Waals surface area contributed by atoms with E-state index in [9.17, 15) is 24.5 Å². The average Bonchev–Trinajstić information content (AvgIpc) is 2.89. The number of rotatable bonds is 8. The Morgan fingerprint density at radius 3 is 2.77 bits per heavy atom.